The molecule has 27 heavy (non-hydrogen) atoms. The van der Waals surface area contributed by atoms with Crippen molar-refractivity contribution in [2.75, 3.05) is 26.4 Å². The highest BCUT2D eigenvalue weighted by Crippen LogP contribution is 2.39. The highest BCUT2D eigenvalue weighted by Gasteiger charge is 2.43. The van der Waals surface area contributed by atoms with Crippen molar-refractivity contribution in [3.63, 3.8) is 0 Å². The molecule has 2 N–H and O–H groups in total. The normalized spacial score (nSPS) is 23.6. The Morgan fingerprint density at radius 2 is 1.81 bits per heavy atom. The molecular weight excluding hydrogens is 370 g/mol. The van der Waals surface area contributed by atoms with E-state index >= 15 is 0 Å². The Morgan fingerprint density at radius 1 is 1.07 bits per heavy atom. The van der Waals surface area contributed by atoms with Crippen molar-refractivity contribution in [1.82, 2.24) is 4.31 Å². The molecule has 2 atom stereocenters. The number of benzene rings is 2. The summed E-state index contributed by atoms with van der Waals surface area (Å²) < 4.78 is 38.4. The van der Waals surface area contributed by atoms with E-state index < -0.39 is 22.2 Å². The summed E-state index contributed by atoms with van der Waals surface area (Å²) in [7, 11) is -3.81. The molecule has 0 radical (unpaired) electrons. The lowest BCUT2D eigenvalue weighted by Crippen LogP contribution is -2.50. The van der Waals surface area contributed by atoms with Gasteiger partial charge < -0.3 is 19.7 Å². The third-order valence-corrected chi connectivity index (χ3v) is 6.93. The van der Waals surface area contributed by atoms with Gasteiger partial charge in [-0.2, -0.15) is 4.31 Å². The van der Waals surface area contributed by atoms with Crippen LogP contribution in [-0.2, 0) is 16.4 Å². The van der Waals surface area contributed by atoms with Crippen LogP contribution in [0.2, 0.25) is 0 Å². The van der Waals surface area contributed by atoms with E-state index in [-0.39, 0.29) is 24.5 Å². The number of β-amino-alcohol motifs (C(OH)–C–C–N with tert-alkyl or cyclic N) is 1. The molecule has 2 aliphatic rings. The van der Waals surface area contributed by atoms with Crippen LogP contribution in [0.25, 0.3) is 0 Å². The molecule has 2 aromatic carbocycles. The molecule has 0 fully saturated rings. The summed E-state index contributed by atoms with van der Waals surface area (Å²) in [4.78, 5) is 0.0874. The summed E-state index contributed by atoms with van der Waals surface area (Å²) >= 11 is 0. The van der Waals surface area contributed by atoms with Crippen LogP contribution >= 0.6 is 0 Å². The first kappa shape index (κ1) is 18.2. The molecule has 4 rings (SSSR count). The summed E-state index contributed by atoms with van der Waals surface area (Å²) in [6, 6.07) is 11.2. The van der Waals surface area contributed by atoms with Gasteiger partial charge in [0, 0.05) is 12.1 Å². The molecule has 0 saturated carbocycles. The van der Waals surface area contributed by atoms with Crippen molar-refractivity contribution >= 4 is 10.0 Å². The van der Waals surface area contributed by atoms with E-state index in [4.69, 9.17) is 9.47 Å². The van der Waals surface area contributed by atoms with Gasteiger partial charge in [0.1, 0.15) is 13.2 Å². The van der Waals surface area contributed by atoms with Gasteiger partial charge in [-0.15, -0.1) is 0 Å². The summed E-state index contributed by atoms with van der Waals surface area (Å²) in [5.41, 5.74) is 1.20. The van der Waals surface area contributed by atoms with E-state index in [1.54, 1.807) is 24.3 Å². The van der Waals surface area contributed by atoms with Crippen LogP contribution in [0.15, 0.2) is 47.4 Å². The third-order valence-electron chi connectivity index (χ3n) is 4.93. The minimum atomic E-state index is -3.81. The van der Waals surface area contributed by atoms with Crippen LogP contribution < -0.4 is 9.47 Å². The Hall–Kier alpha value is -2.13. The number of nitrogens with zero attached hydrogens (tertiary/aromatic N) is 1. The third kappa shape index (κ3) is 3.19. The minimum Gasteiger partial charge on any atom is -0.486 e. The van der Waals surface area contributed by atoms with E-state index in [0.717, 1.165) is 5.56 Å². The number of sulfonamides is 1. The lowest BCUT2D eigenvalue weighted by Gasteiger charge is -2.39. The second kappa shape index (κ2) is 7.12. The van der Waals surface area contributed by atoms with Gasteiger partial charge >= 0.3 is 0 Å². The molecule has 144 valence electrons. The quantitative estimate of drug-likeness (QED) is 0.810. The molecule has 2 aliphatic heterocycles. The lowest BCUT2D eigenvalue weighted by molar-refractivity contribution is 0.0724. The van der Waals surface area contributed by atoms with Gasteiger partial charge in [0.05, 0.1) is 23.6 Å². The maximum atomic E-state index is 13.0. The molecule has 2 aromatic rings. The SMILES string of the molecule is O=S1(=O)c2ccccc2C(O)C(Cc2ccc3c(c2)OCCO3)N1CCO. The van der Waals surface area contributed by atoms with Gasteiger partial charge in [0.25, 0.3) is 0 Å². The molecule has 7 nitrogen and oxygen atoms in total. The second-order valence-corrected chi connectivity index (χ2v) is 8.43. The van der Waals surface area contributed by atoms with Crippen LogP contribution in [0.1, 0.15) is 17.2 Å². The van der Waals surface area contributed by atoms with Crippen LogP contribution in [0.3, 0.4) is 0 Å². The highest BCUT2D eigenvalue weighted by molar-refractivity contribution is 7.89. The molecule has 0 aromatic heterocycles. The van der Waals surface area contributed by atoms with Crippen LogP contribution in [0, 0.1) is 0 Å². The highest BCUT2D eigenvalue weighted by atomic mass is 32.2. The predicted octanol–water partition coefficient (Wildman–Crippen LogP) is 1.10. The molecule has 0 aliphatic carbocycles. The Bertz CT molecular complexity index is 945. The van der Waals surface area contributed by atoms with Crippen molar-refractivity contribution < 1.29 is 28.1 Å². The first-order chi connectivity index (χ1) is 13.0. The van der Waals surface area contributed by atoms with E-state index in [2.05, 4.69) is 0 Å². The zero-order chi connectivity index (χ0) is 19.0. The Labute approximate surface area is 157 Å². The number of aliphatic hydroxyl groups is 2. The van der Waals surface area contributed by atoms with Gasteiger partial charge in [-0.05, 0) is 30.2 Å². The fourth-order valence-electron chi connectivity index (χ4n) is 3.68. The average molecular weight is 391 g/mol. The minimum absolute atomic E-state index is 0.0804. The smallest absolute Gasteiger partial charge is 0.243 e. The number of hydrogen-bond donors (Lipinski definition) is 2. The zero-order valence-corrected chi connectivity index (χ0v) is 15.4. The molecule has 8 heteroatoms. The van der Waals surface area contributed by atoms with Gasteiger partial charge in [-0.25, -0.2) is 8.42 Å². The van der Waals surface area contributed by atoms with Crippen molar-refractivity contribution in [2.24, 2.45) is 0 Å². The van der Waals surface area contributed by atoms with Crippen LogP contribution in [0.4, 0.5) is 0 Å². The van der Waals surface area contributed by atoms with Crippen molar-refractivity contribution in [1.29, 1.82) is 0 Å². The molecular formula is C19H21NO6S. The largest absolute Gasteiger partial charge is 0.486 e. The van der Waals surface area contributed by atoms with E-state index in [0.29, 0.717) is 30.3 Å². The Kier molecular flexibility index (Phi) is 4.81. The summed E-state index contributed by atoms with van der Waals surface area (Å²) in [5.74, 6) is 1.26. The number of ether oxygens (including phenoxy) is 2. The van der Waals surface area contributed by atoms with Gasteiger partial charge in [-0.1, -0.05) is 24.3 Å². The Balaban J connectivity index is 1.72. The molecule has 0 spiro atoms. The fourth-order valence-corrected chi connectivity index (χ4v) is 5.54. The first-order valence-corrected chi connectivity index (χ1v) is 10.2. The predicted molar refractivity (Wildman–Crippen MR) is 97.3 cm³/mol. The number of hydrogen-bond acceptors (Lipinski definition) is 6. The van der Waals surface area contributed by atoms with E-state index in [1.165, 1.54) is 10.4 Å². The van der Waals surface area contributed by atoms with Crippen LogP contribution in [0.5, 0.6) is 11.5 Å². The molecule has 2 unspecified atom stereocenters. The molecule has 2 heterocycles. The van der Waals surface area contributed by atoms with Crippen molar-refractivity contribution in [2.45, 2.75) is 23.5 Å². The number of fused-ring (bicyclic) bond motifs is 2. The number of rotatable bonds is 4. The summed E-state index contributed by atoms with van der Waals surface area (Å²) in [6.07, 6.45) is -0.713. The monoisotopic (exact) mass is 391 g/mol. The number of aliphatic hydroxyl groups excluding tert-OH is 2. The standard InChI is InChI=1S/C19H21NO6S/c21-8-7-20-15(11-13-5-6-16-17(12-13)26-10-9-25-16)19(22)14-3-1-2-4-18(14)27(20,23)24/h1-6,12,15,19,21-22H,7-11H2. The van der Waals surface area contributed by atoms with Crippen molar-refractivity contribution in [3.8, 4) is 11.5 Å². The molecule has 0 bridgehead atoms. The lowest BCUT2D eigenvalue weighted by atomic mass is 9.95. The average Bonchev–Trinajstić information content (AvgIpc) is 2.69. The maximum absolute atomic E-state index is 13.0. The van der Waals surface area contributed by atoms with Crippen LogP contribution in [-0.4, -0.2) is 55.3 Å². The van der Waals surface area contributed by atoms with Gasteiger partial charge in [-0.3, -0.25) is 0 Å². The second-order valence-electron chi connectivity index (χ2n) is 6.57. The Morgan fingerprint density at radius 3 is 2.59 bits per heavy atom. The van der Waals surface area contributed by atoms with E-state index in [1.807, 2.05) is 12.1 Å². The van der Waals surface area contributed by atoms with E-state index in [9.17, 15) is 18.6 Å². The maximum Gasteiger partial charge on any atom is 0.243 e. The fraction of sp³-hybridized carbons (Fsp3) is 0.368. The zero-order valence-electron chi connectivity index (χ0n) is 14.6. The van der Waals surface area contributed by atoms with Gasteiger partial charge in [0.2, 0.25) is 10.0 Å². The topological polar surface area (TPSA) is 96.3 Å². The summed E-state index contributed by atoms with van der Waals surface area (Å²) in [5, 5.41) is 20.3. The van der Waals surface area contributed by atoms with Gasteiger partial charge in [0.15, 0.2) is 11.5 Å². The van der Waals surface area contributed by atoms with Crippen molar-refractivity contribution in [3.05, 3.63) is 53.6 Å². The molecule has 0 saturated heterocycles. The first-order valence-electron chi connectivity index (χ1n) is 8.80. The summed E-state index contributed by atoms with van der Waals surface area (Å²) in [6.45, 7) is 0.544. The molecule has 0 amide bonds.